The Balaban J connectivity index is 2.34. The van der Waals surface area contributed by atoms with Crippen molar-refractivity contribution in [2.45, 2.75) is 20.3 Å². The molecule has 0 saturated carbocycles. The van der Waals surface area contributed by atoms with Crippen LogP contribution >= 0.6 is 0 Å². The largest absolute Gasteiger partial charge is 0.461 e. The molecule has 0 saturated heterocycles. The molecule has 0 unspecified atom stereocenters. The van der Waals surface area contributed by atoms with Crippen LogP contribution < -0.4 is 5.56 Å². The number of carbonyl (C=O) groups excluding carboxylic acids is 1. The first-order chi connectivity index (χ1) is 11.2. The van der Waals surface area contributed by atoms with Gasteiger partial charge in [-0.25, -0.2) is 4.79 Å². The second-order valence-electron chi connectivity index (χ2n) is 5.24. The normalized spacial score (nSPS) is 10.9. The molecule has 0 aliphatic carbocycles. The van der Waals surface area contributed by atoms with E-state index in [4.69, 9.17) is 4.74 Å². The molecule has 2 N–H and O–H groups in total. The second-order valence-corrected chi connectivity index (χ2v) is 5.24. The number of benzene rings is 1. The van der Waals surface area contributed by atoms with Gasteiger partial charge in [0.15, 0.2) is 0 Å². The Morgan fingerprint density at radius 3 is 2.74 bits per heavy atom. The molecule has 0 bridgehead atoms. The number of aromatic nitrogens is 2. The van der Waals surface area contributed by atoms with Crippen molar-refractivity contribution in [2.75, 3.05) is 6.61 Å². The molecule has 0 spiro atoms. The van der Waals surface area contributed by atoms with Crippen molar-refractivity contribution >= 4 is 16.9 Å². The number of ether oxygens (including phenoxy) is 1. The SMILES string of the molecule is CCOC(=O)c1[nH]c2ccc(CC)cc2c1-c1ccc[nH]c1=O. The summed E-state index contributed by atoms with van der Waals surface area (Å²) in [4.78, 5) is 30.3. The van der Waals surface area contributed by atoms with Crippen molar-refractivity contribution in [3.8, 4) is 11.1 Å². The van der Waals surface area contributed by atoms with Gasteiger partial charge in [-0.1, -0.05) is 13.0 Å². The third-order valence-electron chi connectivity index (χ3n) is 3.84. The van der Waals surface area contributed by atoms with E-state index in [-0.39, 0.29) is 12.2 Å². The molecule has 2 heterocycles. The summed E-state index contributed by atoms with van der Waals surface area (Å²) < 4.78 is 5.13. The van der Waals surface area contributed by atoms with E-state index in [0.717, 1.165) is 22.9 Å². The van der Waals surface area contributed by atoms with Crippen LogP contribution in [0.1, 0.15) is 29.9 Å². The van der Waals surface area contributed by atoms with E-state index in [0.29, 0.717) is 16.8 Å². The van der Waals surface area contributed by atoms with E-state index in [1.54, 1.807) is 25.3 Å². The van der Waals surface area contributed by atoms with E-state index in [2.05, 4.69) is 16.9 Å². The number of H-pyrrole nitrogens is 2. The Kier molecular flexibility index (Phi) is 4.02. The highest BCUT2D eigenvalue weighted by molar-refractivity contribution is 6.08. The summed E-state index contributed by atoms with van der Waals surface area (Å²) in [5, 5.41) is 0.851. The summed E-state index contributed by atoms with van der Waals surface area (Å²) >= 11 is 0. The number of hydrogen-bond acceptors (Lipinski definition) is 3. The number of nitrogens with one attached hydrogen (secondary N) is 2. The molecular weight excluding hydrogens is 292 g/mol. The fourth-order valence-corrected chi connectivity index (χ4v) is 2.71. The monoisotopic (exact) mass is 310 g/mol. The Morgan fingerprint density at radius 1 is 1.22 bits per heavy atom. The minimum absolute atomic E-state index is 0.235. The average Bonchev–Trinajstić information content (AvgIpc) is 2.94. The number of hydrogen-bond donors (Lipinski definition) is 2. The van der Waals surface area contributed by atoms with Gasteiger partial charge in [0, 0.05) is 28.2 Å². The van der Waals surface area contributed by atoms with Gasteiger partial charge in [-0.2, -0.15) is 0 Å². The average molecular weight is 310 g/mol. The van der Waals surface area contributed by atoms with Crippen molar-refractivity contribution in [3.63, 3.8) is 0 Å². The lowest BCUT2D eigenvalue weighted by molar-refractivity contribution is 0.0521. The van der Waals surface area contributed by atoms with Crippen LogP contribution in [0.3, 0.4) is 0 Å². The molecule has 1 aromatic carbocycles. The van der Waals surface area contributed by atoms with Gasteiger partial charge in [0.25, 0.3) is 5.56 Å². The number of rotatable bonds is 4. The van der Waals surface area contributed by atoms with Crippen molar-refractivity contribution in [1.82, 2.24) is 9.97 Å². The van der Waals surface area contributed by atoms with Crippen LogP contribution in [0, 0.1) is 0 Å². The third-order valence-corrected chi connectivity index (χ3v) is 3.84. The minimum Gasteiger partial charge on any atom is -0.461 e. The predicted molar refractivity (Wildman–Crippen MR) is 89.7 cm³/mol. The zero-order chi connectivity index (χ0) is 16.4. The fraction of sp³-hybridized carbons (Fsp3) is 0.222. The molecule has 118 valence electrons. The molecule has 5 heteroatoms. The fourth-order valence-electron chi connectivity index (χ4n) is 2.71. The summed E-state index contributed by atoms with van der Waals surface area (Å²) in [6.45, 7) is 4.10. The van der Waals surface area contributed by atoms with Gasteiger partial charge >= 0.3 is 5.97 Å². The number of esters is 1. The Labute approximate surface area is 133 Å². The van der Waals surface area contributed by atoms with Crippen LogP contribution in [0.25, 0.3) is 22.0 Å². The highest BCUT2D eigenvalue weighted by Crippen LogP contribution is 2.32. The maximum atomic E-state index is 12.3. The van der Waals surface area contributed by atoms with Gasteiger partial charge in [0.2, 0.25) is 0 Å². The zero-order valence-corrected chi connectivity index (χ0v) is 13.1. The van der Waals surface area contributed by atoms with Crippen LogP contribution in [0.5, 0.6) is 0 Å². The topological polar surface area (TPSA) is 75.0 Å². The van der Waals surface area contributed by atoms with Gasteiger partial charge in [-0.15, -0.1) is 0 Å². The summed E-state index contributed by atoms with van der Waals surface area (Å²) in [5.74, 6) is -0.458. The number of pyridine rings is 1. The molecule has 0 radical (unpaired) electrons. The van der Waals surface area contributed by atoms with E-state index in [1.807, 2.05) is 18.2 Å². The summed E-state index contributed by atoms with van der Waals surface area (Å²) in [6, 6.07) is 9.40. The second kappa shape index (κ2) is 6.12. The lowest BCUT2D eigenvalue weighted by atomic mass is 10.0. The Bertz CT molecular complexity index is 921. The van der Waals surface area contributed by atoms with Crippen molar-refractivity contribution in [1.29, 1.82) is 0 Å². The molecular formula is C18H18N2O3. The highest BCUT2D eigenvalue weighted by atomic mass is 16.5. The van der Waals surface area contributed by atoms with Crippen LogP contribution in [0.4, 0.5) is 0 Å². The number of aryl methyl sites for hydroxylation is 1. The molecule has 5 nitrogen and oxygen atoms in total. The maximum Gasteiger partial charge on any atom is 0.355 e. The number of carbonyl (C=O) groups is 1. The first kappa shape index (κ1) is 15.1. The first-order valence-corrected chi connectivity index (χ1v) is 7.65. The molecule has 3 rings (SSSR count). The van der Waals surface area contributed by atoms with Crippen molar-refractivity contribution in [3.05, 3.63) is 58.1 Å². The van der Waals surface area contributed by atoms with Gasteiger partial charge in [-0.05, 0) is 43.2 Å². The van der Waals surface area contributed by atoms with Crippen LogP contribution in [-0.4, -0.2) is 22.5 Å². The summed E-state index contributed by atoms with van der Waals surface area (Å²) in [7, 11) is 0. The lowest BCUT2D eigenvalue weighted by Crippen LogP contribution is -2.11. The molecule has 2 aromatic heterocycles. The molecule has 0 atom stereocenters. The van der Waals surface area contributed by atoms with Gasteiger partial charge in [0.1, 0.15) is 5.69 Å². The maximum absolute atomic E-state index is 12.3. The lowest BCUT2D eigenvalue weighted by Gasteiger charge is -2.04. The molecule has 0 amide bonds. The molecule has 0 aliphatic heterocycles. The van der Waals surface area contributed by atoms with E-state index in [1.165, 1.54) is 0 Å². The number of aromatic amines is 2. The first-order valence-electron chi connectivity index (χ1n) is 7.65. The quantitative estimate of drug-likeness (QED) is 0.726. The van der Waals surface area contributed by atoms with Crippen LogP contribution in [-0.2, 0) is 11.2 Å². The smallest absolute Gasteiger partial charge is 0.355 e. The van der Waals surface area contributed by atoms with E-state index < -0.39 is 5.97 Å². The van der Waals surface area contributed by atoms with Crippen molar-refractivity contribution in [2.24, 2.45) is 0 Å². The van der Waals surface area contributed by atoms with Gasteiger partial charge in [-0.3, -0.25) is 4.79 Å². The highest BCUT2D eigenvalue weighted by Gasteiger charge is 2.22. The minimum atomic E-state index is -0.458. The van der Waals surface area contributed by atoms with Gasteiger partial charge in [0.05, 0.1) is 6.61 Å². The predicted octanol–water partition coefficient (Wildman–Crippen LogP) is 3.26. The summed E-state index contributed by atoms with van der Waals surface area (Å²) in [5.41, 5.74) is 3.07. The van der Waals surface area contributed by atoms with Gasteiger partial charge < -0.3 is 14.7 Å². The standard InChI is InChI=1S/C18H18N2O3/c1-3-11-7-8-14-13(10-11)15(12-6-5-9-19-17(12)21)16(20-14)18(22)23-4-2/h5-10,20H,3-4H2,1-2H3,(H,19,21). The van der Waals surface area contributed by atoms with E-state index >= 15 is 0 Å². The van der Waals surface area contributed by atoms with Crippen molar-refractivity contribution < 1.29 is 9.53 Å². The Morgan fingerprint density at radius 2 is 2.04 bits per heavy atom. The molecule has 3 aromatic rings. The number of fused-ring (bicyclic) bond motifs is 1. The molecule has 0 fully saturated rings. The zero-order valence-electron chi connectivity index (χ0n) is 13.1. The third kappa shape index (κ3) is 2.65. The Hall–Kier alpha value is -2.82. The summed E-state index contributed by atoms with van der Waals surface area (Å²) in [6.07, 6.45) is 2.45. The van der Waals surface area contributed by atoms with Crippen LogP contribution in [0.2, 0.25) is 0 Å². The van der Waals surface area contributed by atoms with Crippen LogP contribution in [0.15, 0.2) is 41.3 Å². The molecule has 23 heavy (non-hydrogen) atoms. The van der Waals surface area contributed by atoms with E-state index in [9.17, 15) is 9.59 Å². The molecule has 0 aliphatic rings.